The lowest BCUT2D eigenvalue weighted by atomic mass is 10.2. The SMILES string of the molecule is CCCCN(Cc1cccn1Cc1ccc(Br)cc1)C(=O)CN(CCOC)C(=O)Nc1ccc(OC)cc1OC. The van der Waals surface area contributed by atoms with Gasteiger partial charge in [-0.2, -0.15) is 0 Å². The van der Waals surface area contributed by atoms with Crippen LogP contribution in [-0.4, -0.2) is 73.9 Å². The zero-order valence-corrected chi connectivity index (χ0v) is 25.3. The molecule has 3 amide bonds. The number of halogens is 1. The monoisotopic (exact) mass is 614 g/mol. The van der Waals surface area contributed by atoms with Crippen molar-refractivity contribution in [3.05, 3.63) is 76.5 Å². The Balaban J connectivity index is 1.74. The highest BCUT2D eigenvalue weighted by atomic mass is 79.9. The van der Waals surface area contributed by atoms with Crippen LogP contribution in [0.3, 0.4) is 0 Å². The summed E-state index contributed by atoms with van der Waals surface area (Å²) < 4.78 is 19.1. The molecule has 3 rings (SSSR count). The van der Waals surface area contributed by atoms with Crippen molar-refractivity contribution in [3.63, 3.8) is 0 Å². The van der Waals surface area contributed by atoms with Crippen molar-refractivity contribution in [2.75, 3.05) is 52.9 Å². The highest BCUT2D eigenvalue weighted by Crippen LogP contribution is 2.29. The molecule has 0 fully saturated rings. The molecule has 0 aliphatic heterocycles. The van der Waals surface area contributed by atoms with Crippen LogP contribution in [0, 0.1) is 0 Å². The Morgan fingerprint density at radius 3 is 2.42 bits per heavy atom. The molecule has 0 bridgehead atoms. The fourth-order valence-corrected chi connectivity index (χ4v) is 4.45. The summed E-state index contributed by atoms with van der Waals surface area (Å²) in [5.41, 5.74) is 2.68. The van der Waals surface area contributed by atoms with Gasteiger partial charge in [-0.1, -0.05) is 41.4 Å². The van der Waals surface area contributed by atoms with Gasteiger partial charge in [0, 0.05) is 49.2 Å². The van der Waals surface area contributed by atoms with Crippen molar-refractivity contribution in [2.24, 2.45) is 0 Å². The first-order valence-electron chi connectivity index (χ1n) is 13.3. The summed E-state index contributed by atoms with van der Waals surface area (Å²) in [6.07, 6.45) is 3.85. The second-order valence-electron chi connectivity index (χ2n) is 9.33. The van der Waals surface area contributed by atoms with E-state index in [1.807, 2.05) is 35.4 Å². The number of ether oxygens (including phenoxy) is 3. The minimum atomic E-state index is -0.414. The Bertz CT molecular complexity index is 1230. The summed E-state index contributed by atoms with van der Waals surface area (Å²) in [6, 6.07) is 17.0. The average Bonchev–Trinajstić information content (AvgIpc) is 3.40. The summed E-state index contributed by atoms with van der Waals surface area (Å²) in [7, 11) is 4.65. The Morgan fingerprint density at radius 1 is 0.975 bits per heavy atom. The van der Waals surface area contributed by atoms with Gasteiger partial charge in [0.2, 0.25) is 5.91 Å². The van der Waals surface area contributed by atoms with Gasteiger partial charge in [0.05, 0.1) is 33.1 Å². The van der Waals surface area contributed by atoms with Gasteiger partial charge in [-0.05, 0) is 48.4 Å². The third-order valence-corrected chi connectivity index (χ3v) is 7.03. The Hall–Kier alpha value is -3.50. The summed E-state index contributed by atoms with van der Waals surface area (Å²) in [4.78, 5) is 30.2. The van der Waals surface area contributed by atoms with Crippen molar-refractivity contribution >= 4 is 33.6 Å². The summed E-state index contributed by atoms with van der Waals surface area (Å²) >= 11 is 3.48. The van der Waals surface area contributed by atoms with E-state index in [0.29, 0.717) is 43.4 Å². The molecule has 0 unspecified atom stereocenters. The number of rotatable bonds is 15. The number of methoxy groups -OCH3 is 3. The Labute approximate surface area is 245 Å². The minimum absolute atomic E-state index is 0.0786. The first kappa shape index (κ1) is 31.0. The molecule has 1 heterocycles. The van der Waals surface area contributed by atoms with E-state index in [4.69, 9.17) is 14.2 Å². The van der Waals surface area contributed by atoms with Crippen LogP contribution in [0.15, 0.2) is 65.3 Å². The number of nitrogens with one attached hydrogen (secondary N) is 1. The zero-order valence-electron chi connectivity index (χ0n) is 23.7. The molecule has 9 nitrogen and oxygen atoms in total. The van der Waals surface area contributed by atoms with Crippen LogP contribution in [0.1, 0.15) is 31.0 Å². The van der Waals surface area contributed by atoms with E-state index >= 15 is 0 Å². The van der Waals surface area contributed by atoms with Crippen LogP contribution in [0.25, 0.3) is 0 Å². The van der Waals surface area contributed by atoms with E-state index in [1.54, 1.807) is 32.4 Å². The maximum absolute atomic E-state index is 13.6. The second-order valence-corrected chi connectivity index (χ2v) is 10.2. The number of nitrogens with zero attached hydrogens (tertiary/aromatic N) is 3. The van der Waals surface area contributed by atoms with Gasteiger partial charge in [-0.25, -0.2) is 4.79 Å². The third kappa shape index (κ3) is 9.02. The molecule has 0 spiro atoms. The number of hydrogen-bond acceptors (Lipinski definition) is 5. The molecule has 40 heavy (non-hydrogen) atoms. The van der Waals surface area contributed by atoms with Crippen LogP contribution in [0.5, 0.6) is 11.5 Å². The third-order valence-electron chi connectivity index (χ3n) is 6.51. The van der Waals surface area contributed by atoms with Gasteiger partial charge in [-0.3, -0.25) is 4.79 Å². The number of carbonyl (C=O) groups excluding carboxylic acids is 2. The first-order chi connectivity index (χ1) is 19.4. The zero-order chi connectivity index (χ0) is 28.9. The average molecular weight is 616 g/mol. The fourth-order valence-electron chi connectivity index (χ4n) is 4.18. The number of anilines is 1. The van der Waals surface area contributed by atoms with Gasteiger partial charge in [0.15, 0.2) is 0 Å². The van der Waals surface area contributed by atoms with Crippen LogP contribution in [0.2, 0.25) is 0 Å². The molecule has 3 aromatic rings. The van der Waals surface area contributed by atoms with Crippen LogP contribution in [0.4, 0.5) is 10.5 Å². The quantitative estimate of drug-likeness (QED) is 0.240. The maximum atomic E-state index is 13.6. The van der Waals surface area contributed by atoms with Gasteiger partial charge >= 0.3 is 6.03 Å². The lowest BCUT2D eigenvalue weighted by molar-refractivity contribution is -0.132. The number of hydrogen-bond donors (Lipinski definition) is 1. The van der Waals surface area contributed by atoms with E-state index in [1.165, 1.54) is 17.6 Å². The maximum Gasteiger partial charge on any atom is 0.322 e. The molecule has 10 heteroatoms. The second kappa shape index (κ2) is 15.9. The minimum Gasteiger partial charge on any atom is -0.497 e. The fraction of sp³-hybridized carbons (Fsp3) is 0.400. The number of benzene rings is 2. The van der Waals surface area contributed by atoms with Gasteiger partial charge in [0.25, 0.3) is 0 Å². The summed E-state index contributed by atoms with van der Waals surface area (Å²) in [5, 5.41) is 2.87. The number of urea groups is 1. The number of amides is 3. The molecule has 1 N–H and O–H groups in total. The first-order valence-corrected chi connectivity index (χ1v) is 14.1. The molecule has 0 atom stereocenters. The standard InChI is InChI=1S/C30H39BrN4O5/c1-5-6-15-34(21-25-8-7-16-33(25)20-23-9-11-24(31)12-10-23)29(36)22-35(17-18-38-2)30(37)32-27-14-13-26(39-3)19-28(27)40-4/h7-14,16,19H,5-6,15,17-18,20-22H2,1-4H3,(H,32,37). The van der Waals surface area contributed by atoms with E-state index in [0.717, 1.165) is 23.0 Å². The van der Waals surface area contributed by atoms with Gasteiger partial charge in [0.1, 0.15) is 18.0 Å². The van der Waals surface area contributed by atoms with Crippen LogP contribution < -0.4 is 14.8 Å². The summed E-state index contributed by atoms with van der Waals surface area (Å²) in [6.45, 7) is 4.33. The molecular weight excluding hydrogens is 576 g/mol. The van der Waals surface area contributed by atoms with E-state index in [2.05, 4.69) is 44.9 Å². The Kier molecular flexibility index (Phi) is 12.4. The molecular formula is C30H39BrN4O5. The van der Waals surface area contributed by atoms with E-state index in [9.17, 15) is 9.59 Å². The number of unbranched alkanes of at least 4 members (excludes halogenated alkanes) is 1. The van der Waals surface area contributed by atoms with Crippen molar-refractivity contribution < 1.29 is 23.8 Å². The molecule has 216 valence electrons. The molecule has 0 aliphatic rings. The number of aromatic nitrogens is 1. The highest BCUT2D eigenvalue weighted by molar-refractivity contribution is 9.10. The normalized spacial score (nSPS) is 10.7. The predicted molar refractivity (Wildman–Crippen MR) is 160 cm³/mol. The van der Waals surface area contributed by atoms with Crippen molar-refractivity contribution in [1.29, 1.82) is 0 Å². The highest BCUT2D eigenvalue weighted by Gasteiger charge is 2.23. The van der Waals surface area contributed by atoms with Crippen LogP contribution >= 0.6 is 15.9 Å². The molecule has 0 aliphatic carbocycles. The Morgan fingerprint density at radius 2 is 1.75 bits per heavy atom. The van der Waals surface area contributed by atoms with Crippen molar-refractivity contribution in [2.45, 2.75) is 32.9 Å². The molecule has 0 saturated heterocycles. The van der Waals surface area contributed by atoms with Crippen molar-refractivity contribution in [3.8, 4) is 11.5 Å². The molecule has 1 aromatic heterocycles. The smallest absolute Gasteiger partial charge is 0.322 e. The van der Waals surface area contributed by atoms with E-state index in [-0.39, 0.29) is 19.0 Å². The van der Waals surface area contributed by atoms with Crippen molar-refractivity contribution in [1.82, 2.24) is 14.4 Å². The summed E-state index contributed by atoms with van der Waals surface area (Å²) in [5.74, 6) is 0.942. The van der Waals surface area contributed by atoms with E-state index < -0.39 is 6.03 Å². The van der Waals surface area contributed by atoms with Gasteiger partial charge in [-0.15, -0.1) is 0 Å². The van der Waals surface area contributed by atoms with Crippen LogP contribution in [-0.2, 0) is 22.6 Å². The topological polar surface area (TPSA) is 85.3 Å². The largest absolute Gasteiger partial charge is 0.497 e. The lowest BCUT2D eigenvalue weighted by Gasteiger charge is -2.28. The molecule has 0 saturated carbocycles. The van der Waals surface area contributed by atoms with Gasteiger partial charge < -0.3 is 33.9 Å². The number of carbonyl (C=O) groups is 2. The molecule has 2 aromatic carbocycles. The lowest BCUT2D eigenvalue weighted by Crippen LogP contribution is -2.46. The predicted octanol–water partition coefficient (Wildman–Crippen LogP) is 5.63. The molecule has 0 radical (unpaired) electrons.